The van der Waals surface area contributed by atoms with Crippen LogP contribution in [0.2, 0.25) is 0 Å². The van der Waals surface area contributed by atoms with Crippen LogP contribution in [0.3, 0.4) is 0 Å². The zero-order chi connectivity index (χ0) is 12.5. The summed E-state index contributed by atoms with van der Waals surface area (Å²) < 4.78 is 13.3. The molecule has 0 aliphatic carbocycles. The van der Waals surface area contributed by atoms with Crippen molar-refractivity contribution in [3.05, 3.63) is 30.1 Å². The van der Waals surface area contributed by atoms with Crippen LogP contribution in [-0.4, -0.2) is 18.6 Å². The van der Waals surface area contributed by atoms with E-state index in [1.807, 2.05) is 6.07 Å². The molecule has 1 unspecified atom stereocenters. The van der Waals surface area contributed by atoms with Crippen molar-refractivity contribution in [1.82, 2.24) is 0 Å². The molecule has 1 saturated heterocycles. The first kappa shape index (κ1) is 12.4. The second-order valence-electron chi connectivity index (χ2n) is 5.35. The fourth-order valence-electron chi connectivity index (χ4n) is 2.95. The highest BCUT2D eigenvalue weighted by Gasteiger charge is 2.40. The van der Waals surface area contributed by atoms with Gasteiger partial charge in [-0.15, -0.1) is 0 Å². The van der Waals surface area contributed by atoms with E-state index in [4.69, 9.17) is 5.73 Å². The van der Waals surface area contributed by atoms with Crippen LogP contribution in [0.1, 0.15) is 26.7 Å². The lowest BCUT2D eigenvalue weighted by molar-refractivity contribution is 0.348. The van der Waals surface area contributed by atoms with Crippen molar-refractivity contribution in [2.75, 3.05) is 18.0 Å². The van der Waals surface area contributed by atoms with Crippen LogP contribution in [0.4, 0.5) is 10.1 Å². The van der Waals surface area contributed by atoms with E-state index in [0.29, 0.717) is 5.92 Å². The molecule has 0 saturated carbocycles. The summed E-state index contributed by atoms with van der Waals surface area (Å²) in [5, 5.41) is 0. The third kappa shape index (κ3) is 2.29. The van der Waals surface area contributed by atoms with Gasteiger partial charge >= 0.3 is 0 Å². The maximum absolute atomic E-state index is 13.3. The fraction of sp³-hybridized carbons (Fsp3) is 0.571. The standard InChI is InChI=1S/C14H21FN2/c1-14(2)11(6-8-16)7-9-17(14)13-5-3-4-12(15)10-13/h3-5,10-11H,6-9,16H2,1-2H3. The molecule has 17 heavy (non-hydrogen) atoms. The number of hydrogen-bond acceptors (Lipinski definition) is 2. The molecule has 2 nitrogen and oxygen atoms in total. The lowest BCUT2D eigenvalue weighted by atomic mass is 9.85. The lowest BCUT2D eigenvalue weighted by Gasteiger charge is -2.37. The van der Waals surface area contributed by atoms with Crippen molar-refractivity contribution in [2.45, 2.75) is 32.2 Å². The van der Waals surface area contributed by atoms with E-state index < -0.39 is 0 Å². The van der Waals surface area contributed by atoms with Gasteiger partial charge in [-0.3, -0.25) is 0 Å². The third-order valence-electron chi connectivity index (χ3n) is 4.03. The molecule has 0 aromatic heterocycles. The Morgan fingerprint density at radius 2 is 2.24 bits per heavy atom. The SMILES string of the molecule is CC1(C)C(CCN)CCN1c1cccc(F)c1. The molecule has 2 rings (SSSR count). The van der Waals surface area contributed by atoms with E-state index in [-0.39, 0.29) is 11.4 Å². The van der Waals surface area contributed by atoms with E-state index in [0.717, 1.165) is 31.6 Å². The molecule has 1 fully saturated rings. The van der Waals surface area contributed by atoms with Gasteiger partial charge in [0.15, 0.2) is 0 Å². The Labute approximate surface area is 103 Å². The number of benzene rings is 1. The van der Waals surface area contributed by atoms with Crippen molar-refractivity contribution in [2.24, 2.45) is 11.7 Å². The Kier molecular flexibility index (Phi) is 3.38. The highest BCUT2D eigenvalue weighted by molar-refractivity contribution is 5.50. The van der Waals surface area contributed by atoms with Crippen LogP contribution in [-0.2, 0) is 0 Å². The van der Waals surface area contributed by atoms with Gasteiger partial charge in [0.2, 0.25) is 0 Å². The molecule has 3 heteroatoms. The van der Waals surface area contributed by atoms with Gasteiger partial charge in [0.05, 0.1) is 0 Å². The number of halogens is 1. The molecule has 1 aromatic carbocycles. The van der Waals surface area contributed by atoms with Crippen LogP contribution in [0.25, 0.3) is 0 Å². The van der Waals surface area contributed by atoms with E-state index in [2.05, 4.69) is 18.7 Å². The van der Waals surface area contributed by atoms with Gasteiger partial charge in [0.1, 0.15) is 5.82 Å². The summed E-state index contributed by atoms with van der Waals surface area (Å²) >= 11 is 0. The summed E-state index contributed by atoms with van der Waals surface area (Å²) in [6.07, 6.45) is 2.18. The van der Waals surface area contributed by atoms with Crippen molar-refractivity contribution in [1.29, 1.82) is 0 Å². The molecule has 0 spiro atoms. The lowest BCUT2D eigenvalue weighted by Crippen LogP contribution is -2.43. The van der Waals surface area contributed by atoms with Crippen molar-refractivity contribution >= 4 is 5.69 Å². The number of anilines is 1. The monoisotopic (exact) mass is 236 g/mol. The van der Waals surface area contributed by atoms with Gasteiger partial charge < -0.3 is 10.6 Å². The van der Waals surface area contributed by atoms with Crippen LogP contribution in [0.5, 0.6) is 0 Å². The summed E-state index contributed by atoms with van der Waals surface area (Å²) in [7, 11) is 0. The molecular formula is C14H21FN2. The minimum atomic E-state index is -0.166. The number of rotatable bonds is 3. The molecule has 1 aromatic rings. The van der Waals surface area contributed by atoms with Gasteiger partial charge in [-0.2, -0.15) is 0 Å². The maximum Gasteiger partial charge on any atom is 0.125 e. The fourth-order valence-corrected chi connectivity index (χ4v) is 2.95. The van der Waals surface area contributed by atoms with Gasteiger partial charge in [-0.05, 0) is 57.4 Å². The average Bonchev–Trinajstić information content (AvgIpc) is 2.55. The number of nitrogens with two attached hydrogens (primary N) is 1. The van der Waals surface area contributed by atoms with Gasteiger partial charge in [-0.1, -0.05) is 6.07 Å². The average molecular weight is 236 g/mol. The molecule has 94 valence electrons. The van der Waals surface area contributed by atoms with E-state index >= 15 is 0 Å². The van der Waals surface area contributed by atoms with Gasteiger partial charge in [-0.25, -0.2) is 4.39 Å². The topological polar surface area (TPSA) is 29.3 Å². The molecule has 1 aliphatic rings. The summed E-state index contributed by atoms with van der Waals surface area (Å²) in [4.78, 5) is 2.30. The molecule has 1 atom stereocenters. The quantitative estimate of drug-likeness (QED) is 0.874. The summed E-state index contributed by atoms with van der Waals surface area (Å²) in [5.74, 6) is 0.427. The first-order valence-electron chi connectivity index (χ1n) is 6.29. The summed E-state index contributed by atoms with van der Waals surface area (Å²) in [6, 6.07) is 6.86. The van der Waals surface area contributed by atoms with Gasteiger partial charge in [0, 0.05) is 17.8 Å². The van der Waals surface area contributed by atoms with Gasteiger partial charge in [0.25, 0.3) is 0 Å². The Bertz CT molecular complexity index is 390. The Morgan fingerprint density at radius 3 is 2.88 bits per heavy atom. The molecule has 0 bridgehead atoms. The van der Waals surface area contributed by atoms with E-state index in [1.54, 1.807) is 12.1 Å². The van der Waals surface area contributed by atoms with Crippen molar-refractivity contribution < 1.29 is 4.39 Å². The third-order valence-corrected chi connectivity index (χ3v) is 4.03. The normalized spacial score (nSPS) is 23.1. The molecule has 1 aliphatic heterocycles. The molecule has 0 radical (unpaired) electrons. The van der Waals surface area contributed by atoms with Crippen molar-refractivity contribution in [3.63, 3.8) is 0 Å². The summed E-state index contributed by atoms with van der Waals surface area (Å²) in [5.41, 5.74) is 6.70. The minimum Gasteiger partial charge on any atom is -0.366 e. The summed E-state index contributed by atoms with van der Waals surface area (Å²) in [6.45, 7) is 6.17. The second-order valence-corrected chi connectivity index (χ2v) is 5.35. The molecule has 0 amide bonds. The van der Waals surface area contributed by atoms with Crippen LogP contribution in [0, 0.1) is 11.7 Å². The first-order chi connectivity index (χ1) is 8.05. The zero-order valence-corrected chi connectivity index (χ0v) is 10.6. The minimum absolute atomic E-state index is 0.0627. The Hall–Kier alpha value is -1.09. The highest BCUT2D eigenvalue weighted by atomic mass is 19.1. The van der Waals surface area contributed by atoms with Crippen LogP contribution >= 0.6 is 0 Å². The number of nitrogens with zero attached hydrogens (tertiary/aromatic N) is 1. The van der Waals surface area contributed by atoms with E-state index in [9.17, 15) is 4.39 Å². The maximum atomic E-state index is 13.3. The first-order valence-corrected chi connectivity index (χ1v) is 6.29. The molecular weight excluding hydrogens is 215 g/mol. The van der Waals surface area contributed by atoms with E-state index in [1.165, 1.54) is 6.07 Å². The molecule has 1 heterocycles. The zero-order valence-electron chi connectivity index (χ0n) is 10.6. The number of hydrogen-bond donors (Lipinski definition) is 1. The largest absolute Gasteiger partial charge is 0.366 e. The Balaban J connectivity index is 2.23. The predicted octanol–water partition coefficient (Wildman–Crippen LogP) is 2.78. The highest BCUT2D eigenvalue weighted by Crippen LogP contribution is 2.39. The predicted molar refractivity (Wildman–Crippen MR) is 69.6 cm³/mol. The Morgan fingerprint density at radius 1 is 1.47 bits per heavy atom. The second kappa shape index (κ2) is 4.65. The van der Waals surface area contributed by atoms with Crippen LogP contribution < -0.4 is 10.6 Å². The molecule has 2 N–H and O–H groups in total. The van der Waals surface area contributed by atoms with Crippen molar-refractivity contribution in [3.8, 4) is 0 Å². The van der Waals surface area contributed by atoms with Crippen LogP contribution in [0.15, 0.2) is 24.3 Å². The smallest absolute Gasteiger partial charge is 0.125 e.